The van der Waals surface area contributed by atoms with Gasteiger partial charge in [0.25, 0.3) is 0 Å². The summed E-state index contributed by atoms with van der Waals surface area (Å²) in [6.45, 7) is 1.21. The Hall–Kier alpha value is -0.160. The quantitative estimate of drug-likeness (QED) is 0.438. The van der Waals surface area contributed by atoms with Crippen LogP contribution in [0.3, 0.4) is 0 Å². The molecule has 4 nitrogen and oxygen atoms in total. The van der Waals surface area contributed by atoms with Gasteiger partial charge in [-0.15, -0.1) is 0 Å². The van der Waals surface area contributed by atoms with Crippen molar-refractivity contribution < 1.29 is 20.1 Å². The van der Waals surface area contributed by atoms with E-state index in [1.165, 1.54) is 6.92 Å². The molecule has 1 saturated heterocycles. The Kier molecular flexibility index (Phi) is 1.96. The monoisotopic (exact) mass is 148 g/mol. The summed E-state index contributed by atoms with van der Waals surface area (Å²) in [6, 6.07) is 0. The summed E-state index contributed by atoms with van der Waals surface area (Å²) in [5, 5.41) is 26.8. The molecule has 1 aliphatic heterocycles. The molecule has 0 bridgehead atoms. The fourth-order valence-corrected chi connectivity index (χ4v) is 1.13. The normalized spacial score (nSPS) is 48.0. The van der Waals surface area contributed by atoms with Gasteiger partial charge < -0.3 is 20.1 Å². The number of aliphatic hydroxyl groups is 3. The standard InChI is InChI=1S/C6H12O4/c1-6(9)2-4(8)5(3-7)10-6/h4-5,7-9H,2-3H2,1H3/t4-,5+,6?/m0/s1. The molecule has 1 unspecified atom stereocenters. The summed E-state index contributed by atoms with van der Waals surface area (Å²) in [5.41, 5.74) is 0. The third-order valence-corrected chi connectivity index (χ3v) is 1.60. The molecule has 3 atom stereocenters. The Morgan fingerprint density at radius 3 is 2.50 bits per heavy atom. The molecule has 0 aromatic heterocycles. The van der Waals surface area contributed by atoms with Gasteiger partial charge in [-0.25, -0.2) is 0 Å². The second kappa shape index (κ2) is 2.47. The lowest BCUT2D eigenvalue weighted by molar-refractivity contribution is -0.185. The van der Waals surface area contributed by atoms with Gasteiger partial charge in [0, 0.05) is 6.42 Å². The fraction of sp³-hybridized carbons (Fsp3) is 1.00. The summed E-state index contributed by atoms with van der Waals surface area (Å²) in [6.07, 6.45) is -1.21. The van der Waals surface area contributed by atoms with Crippen LogP contribution in [0, 0.1) is 0 Å². The van der Waals surface area contributed by atoms with Gasteiger partial charge in [0.2, 0.25) is 0 Å². The number of aliphatic hydroxyl groups excluding tert-OH is 2. The van der Waals surface area contributed by atoms with Crippen LogP contribution in [0.25, 0.3) is 0 Å². The van der Waals surface area contributed by atoms with Crippen LogP contribution in [0.5, 0.6) is 0 Å². The molecule has 1 heterocycles. The first kappa shape index (κ1) is 7.94. The minimum absolute atomic E-state index is 0.165. The molecule has 4 heteroatoms. The summed E-state index contributed by atoms with van der Waals surface area (Å²) in [5.74, 6) is -1.27. The summed E-state index contributed by atoms with van der Waals surface area (Å²) in [7, 11) is 0. The van der Waals surface area contributed by atoms with Crippen molar-refractivity contribution in [3.63, 3.8) is 0 Å². The first-order valence-electron chi connectivity index (χ1n) is 3.24. The van der Waals surface area contributed by atoms with Crippen LogP contribution >= 0.6 is 0 Å². The number of rotatable bonds is 1. The average molecular weight is 148 g/mol. The highest BCUT2D eigenvalue weighted by molar-refractivity contribution is 4.83. The molecule has 0 aromatic rings. The van der Waals surface area contributed by atoms with E-state index in [1.54, 1.807) is 0 Å². The van der Waals surface area contributed by atoms with Crippen LogP contribution < -0.4 is 0 Å². The predicted molar refractivity (Wildman–Crippen MR) is 33.2 cm³/mol. The van der Waals surface area contributed by atoms with Crippen LogP contribution in [-0.2, 0) is 4.74 Å². The molecule has 0 saturated carbocycles. The first-order valence-corrected chi connectivity index (χ1v) is 3.24. The van der Waals surface area contributed by atoms with Gasteiger partial charge in [0.1, 0.15) is 6.10 Å². The smallest absolute Gasteiger partial charge is 0.165 e. The fourth-order valence-electron chi connectivity index (χ4n) is 1.13. The van der Waals surface area contributed by atoms with Gasteiger partial charge in [-0.05, 0) is 6.92 Å². The van der Waals surface area contributed by atoms with Gasteiger partial charge in [-0.1, -0.05) is 0 Å². The SMILES string of the molecule is CC1(O)C[C@H](O)[C@@H](CO)O1. The van der Waals surface area contributed by atoms with Crippen molar-refractivity contribution in [1.29, 1.82) is 0 Å². The van der Waals surface area contributed by atoms with Crippen molar-refractivity contribution in [1.82, 2.24) is 0 Å². The van der Waals surface area contributed by atoms with Gasteiger partial charge >= 0.3 is 0 Å². The van der Waals surface area contributed by atoms with Crippen LogP contribution in [-0.4, -0.2) is 39.9 Å². The average Bonchev–Trinajstić information content (AvgIpc) is 2.05. The van der Waals surface area contributed by atoms with Crippen molar-refractivity contribution in [3.05, 3.63) is 0 Å². The molecule has 10 heavy (non-hydrogen) atoms. The number of hydrogen-bond donors (Lipinski definition) is 3. The lowest BCUT2D eigenvalue weighted by Gasteiger charge is -2.15. The molecule has 1 rings (SSSR count). The predicted octanol–water partition coefficient (Wildman–Crippen LogP) is -1.16. The second-order valence-corrected chi connectivity index (χ2v) is 2.79. The summed E-state index contributed by atoms with van der Waals surface area (Å²) >= 11 is 0. The lowest BCUT2D eigenvalue weighted by Crippen LogP contribution is -2.26. The van der Waals surface area contributed by atoms with E-state index >= 15 is 0 Å². The van der Waals surface area contributed by atoms with Crippen molar-refractivity contribution >= 4 is 0 Å². The highest BCUT2D eigenvalue weighted by Gasteiger charge is 2.40. The van der Waals surface area contributed by atoms with Crippen LogP contribution in [0.15, 0.2) is 0 Å². The Morgan fingerprint density at radius 2 is 2.30 bits per heavy atom. The zero-order valence-electron chi connectivity index (χ0n) is 5.82. The van der Waals surface area contributed by atoms with Crippen LogP contribution in [0.4, 0.5) is 0 Å². The van der Waals surface area contributed by atoms with E-state index in [4.69, 9.17) is 14.9 Å². The lowest BCUT2D eigenvalue weighted by atomic mass is 10.1. The van der Waals surface area contributed by atoms with Gasteiger partial charge in [0.15, 0.2) is 5.79 Å². The Labute approximate surface area is 59.1 Å². The Morgan fingerprint density at radius 1 is 1.70 bits per heavy atom. The van der Waals surface area contributed by atoms with E-state index in [0.29, 0.717) is 0 Å². The van der Waals surface area contributed by atoms with Gasteiger partial charge in [0.05, 0.1) is 12.7 Å². The molecular weight excluding hydrogens is 136 g/mol. The van der Waals surface area contributed by atoms with E-state index in [-0.39, 0.29) is 13.0 Å². The maximum atomic E-state index is 9.17. The minimum atomic E-state index is -1.27. The third kappa shape index (κ3) is 1.46. The van der Waals surface area contributed by atoms with Crippen LogP contribution in [0.2, 0.25) is 0 Å². The Balaban J connectivity index is 2.52. The molecular formula is C6H12O4. The van der Waals surface area contributed by atoms with Crippen molar-refractivity contribution in [2.75, 3.05) is 6.61 Å². The zero-order valence-corrected chi connectivity index (χ0v) is 5.82. The largest absolute Gasteiger partial charge is 0.394 e. The Bertz CT molecular complexity index is 123. The molecule has 60 valence electrons. The zero-order chi connectivity index (χ0) is 7.78. The van der Waals surface area contributed by atoms with E-state index in [2.05, 4.69) is 0 Å². The van der Waals surface area contributed by atoms with E-state index in [0.717, 1.165) is 0 Å². The highest BCUT2D eigenvalue weighted by Crippen LogP contribution is 2.27. The van der Waals surface area contributed by atoms with E-state index < -0.39 is 18.0 Å². The van der Waals surface area contributed by atoms with Crippen molar-refractivity contribution in [2.45, 2.75) is 31.3 Å². The molecule has 0 aliphatic carbocycles. The van der Waals surface area contributed by atoms with Crippen molar-refractivity contribution in [3.8, 4) is 0 Å². The molecule has 0 amide bonds. The summed E-state index contributed by atoms with van der Waals surface area (Å²) in [4.78, 5) is 0. The third-order valence-electron chi connectivity index (χ3n) is 1.60. The molecule has 0 radical (unpaired) electrons. The highest BCUT2D eigenvalue weighted by atomic mass is 16.6. The molecule has 3 N–H and O–H groups in total. The molecule has 1 fully saturated rings. The van der Waals surface area contributed by atoms with E-state index in [9.17, 15) is 5.11 Å². The molecule has 0 aromatic carbocycles. The maximum absolute atomic E-state index is 9.17. The van der Waals surface area contributed by atoms with Gasteiger partial charge in [-0.3, -0.25) is 0 Å². The maximum Gasteiger partial charge on any atom is 0.165 e. The molecule has 1 aliphatic rings. The topological polar surface area (TPSA) is 69.9 Å². The number of ether oxygens (including phenoxy) is 1. The molecule has 0 spiro atoms. The van der Waals surface area contributed by atoms with Crippen molar-refractivity contribution in [2.24, 2.45) is 0 Å². The second-order valence-electron chi connectivity index (χ2n) is 2.79. The summed E-state index contributed by atoms with van der Waals surface area (Å²) < 4.78 is 4.87. The number of hydrogen-bond acceptors (Lipinski definition) is 4. The first-order chi connectivity index (χ1) is 4.55. The van der Waals surface area contributed by atoms with Crippen LogP contribution in [0.1, 0.15) is 13.3 Å². The van der Waals surface area contributed by atoms with Gasteiger partial charge in [-0.2, -0.15) is 0 Å². The van der Waals surface area contributed by atoms with E-state index in [1.807, 2.05) is 0 Å². The minimum Gasteiger partial charge on any atom is -0.394 e.